The lowest BCUT2D eigenvalue weighted by Crippen LogP contribution is -1.99. The fourth-order valence-corrected chi connectivity index (χ4v) is 1.50. The van der Waals surface area contributed by atoms with Crippen LogP contribution >= 0.6 is 0 Å². The molecule has 72 valence electrons. The first-order chi connectivity index (χ1) is 6.34. The molecule has 1 aliphatic rings. The summed E-state index contributed by atoms with van der Waals surface area (Å²) < 4.78 is 0. The van der Waals surface area contributed by atoms with E-state index in [-0.39, 0.29) is 0 Å². The van der Waals surface area contributed by atoms with Crippen LogP contribution in [0.5, 0.6) is 0 Å². The Bertz CT molecular complexity index is 223. The van der Waals surface area contributed by atoms with E-state index < -0.39 is 0 Å². The van der Waals surface area contributed by atoms with Crippen molar-refractivity contribution in [3.63, 3.8) is 0 Å². The molecular formula is C12H19N. The highest BCUT2D eigenvalue weighted by atomic mass is 14.7. The first-order valence-corrected chi connectivity index (χ1v) is 5.21. The van der Waals surface area contributed by atoms with Crippen LogP contribution in [0, 0.1) is 5.92 Å². The monoisotopic (exact) mass is 177 g/mol. The Hall–Kier alpha value is -0.850. The molecule has 1 aliphatic heterocycles. The highest BCUT2D eigenvalue weighted by Gasteiger charge is 2.06. The molecule has 0 bridgehead atoms. The molecule has 0 amide bonds. The van der Waals surface area contributed by atoms with Crippen molar-refractivity contribution in [3.05, 3.63) is 23.9 Å². The van der Waals surface area contributed by atoms with Crippen molar-refractivity contribution in [2.24, 2.45) is 10.9 Å². The van der Waals surface area contributed by atoms with Gasteiger partial charge in [-0.05, 0) is 36.8 Å². The molecule has 0 saturated carbocycles. The standard InChI is InChI=1S/C12H19N/c1-3-4-8-12-10-13-9-6-5-7-11(12)2/h5-6,9-11H,3-4,7-8H2,1-2H3/b6-5-,12-10-,13-9+. The van der Waals surface area contributed by atoms with Gasteiger partial charge >= 0.3 is 0 Å². The van der Waals surface area contributed by atoms with Crippen molar-refractivity contribution in [3.8, 4) is 0 Å². The molecule has 0 spiro atoms. The van der Waals surface area contributed by atoms with E-state index >= 15 is 0 Å². The minimum atomic E-state index is 0.667. The van der Waals surface area contributed by atoms with Gasteiger partial charge in [-0.1, -0.05) is 26.3 Å². The molecule has 0 radical (unpaired) electrons. The summed E-state index contributed by atoms with van der Waals surface area (Å²) in [6, 6.07) is 0. The molecule has 1 rings (SSSR count). The Balaban J connectivity index is 2.57. The van der Waals surface area contributed by atoms with Crippen molar-refractivity contribution in [1.82, 2.24) is 0 Å². The second-order valence-corrected chi connectivity index (χ2v) is 3.67. The zero-order valence-electron chi connectivity index (χ0n) is 8.66. The Morgan fingerprint density at radius 3 is 3.15 bits per heavy atom. The average molecular weight is 177 g/mol. The molecule has 0 aromatic heterocycles. The number of aliphatic imine (C=N–C) groups is 1. The first-order valence-electron chi connectivity index (χ1n) is 5.21. The summed E-state index contributed by atoms with van der Waals surface area (Å²) in [7, 11) is 0. The first kappa shape index (κ1) is 10.2. The molecule has 1 nitrogen and oxygen atoms in total. The molecule has 0 aromatic carbocycles. The summed E-state index contributed by atoms with van der Waals surface area (Å²) in [5, 5.41) is 0. The van der Waals surface area contributed by atoms with E-state index in [1.54, 1.807) is 0 Å². The highest BCUT2D eigenvalue weighted by Crippen LogP contribution is 2.21. The summed E-state index contributed by atoms with van der Waals surface area (Å²) >= 11 is 0. The molecule has 0 N–H and O–H groups in total. The molecule has 0 aliphatic carbocycles. The molecule has 1 heterocycles. The van der Waals surface area contributed by atoms with Gasteiger partial charge in [0.15, 0.2) is 0 Å². The maximum absolute atomic E-state index is 4.24. The number of nitrogens with zero attached hydrogens (tertiary/aromatic N) is 1. The van der Waals surface area contributed by atoms with E-state index in [0.29, 0.717) is 5.92 Å². The van der Waals surface area contributed by atoms with E-state index in [1.165, 1.54) is 24.8 Å². The fourth-order valence-electron chi connectivity index (χ4n) is 1.50. The molecular weight excluding hydrogens is 158 g/mol. The molecule has 0 fully saturated rings. The van der Waals surface area contributed by atoms with E-state index in [2.05, 4.69) is 24.9 Å². The molecule has 0 aromatic rings. The summed E-state index contributed by atoms with van der Waals surface area (Å²) in [6.45, 7) is 4.52. The van der Waals surface area contributed by atoms with Gasteiger partial charge in [-0.2, -0.15) is 0 Å². The number of allylic oxidation sites excluding steroid dienone is 3. The van der Waals surface area contributed by atoms with Gasteiger partial charge in [0, 0.05) is 12.4 Å². The number of hydrogen-bond donors (Lipinski definition) is 0. The van der Waals surface area contributed by atoms with Gasteiger partial charge in [-0.15, -0.1) is 0 Å². The van der Waals surface area contributed by atoms with Crippen molar-refractivity contribution in [2.75, 3.05) is 0 Å². The van der Waals surface area contributed by atoms with Crippen LogP contribution in [0.3, 0.4) is 0 Å². The lowest BCUT2D eigenvalue weighted by molar-refractivity contribution is 0.629. The van der Waals surface area contributed by atoms with Gasteiger partial charge in [0.2, 0.25) is 0 Å². The summed E-state index contributed by atoms with van der Waals surface area (Å²) in [5.41, 5.74) is 1.50. The second-order valence-electron chi connectivity index (χ2n) is 3.67. The van der Waals surface area contributed by atoms with Gasteiger partial charge < -0.3 is 0 Å². The van der Waals surface area contributed by atoms with Crippen molar-refractivity contribution in [1.29, 1.82) is 0 Å². The topological polar surface area (TPSA) is 12.4 Å². The van der Waals surface area contributed by atoms with Crippen LogP contribution in [0.4, 0.5) is 0 Å². The molecule has 0 saturated heterocycles. The molecule has 1 unspecified atom stereocenters. The third-order valence-electron chi connectivity index (χ3n) is 2.49. The number of unbranched alkanes of at least 4 members (excludes halogenated alkanes) is 1. The van der Waals surface area contributed by atoms with E-state index in [1.807, 2.05) is 18.5 Å². The minimum Gasteiger partial charge on any atom is -0.265 e. The number of hydrogen-bond acceptors (Lipinski definition) is 1. The summed E-state index contributed by atoms with van der Waals surface area (Å²) in [6.07, 6.45) is 13.1. The van der Waals surface area contributed by atoms with Crippen LogP contribution in [0.2, 0.25) is 0 Å². The van der Waals surface area contributed by atoms with E-state index in [0.717, 1.165) is 6.42 Å². The maximum atomic E-state index is 4.24. The predicted octanol–water partition coefficient (Wildman–Crippen LogP) is 3.73. The van der Waals surface area contributed by atoms with Crippen LogP contribution in [-0.4, -0.2) is 6.21 Å². The Labute approximate surface area is 81.3 Å². The Morgan fingerprint density at radius 1 is 1.54 bits per heavy atom. The highest BCUT2D eigenvalue weighted by molar-refractivity contribution is 5.71. The quantitative estimate of drug-likeness (QED) is 0.623. The maximum Gasteiger partial charge on any atom is 0.0264 e. The van der Waals surface area contributed by atoms with E-state index in [9.17, 15) is 0 Å². The zero-order valence-corrected chi connectivity index (χ0v) is 8.66. The van der Waals surface area contributed by atoms with Crippen LogP contribution in [-0.2, 0) is 0 Å². The van der Waals surface area contributed by atoms with Crippen LogP contribution in [0.1, 0.15) is 39.5 Å². The van der Waals surface area contributed by atoms with Crippen LogP contribution in [0.25, 0.3) is 0 Å². The normalized spacial score (nSPS) is 31.2. The molecule has 13 heavy (non-hydrogen) atoms. The fraction of sp³-hybridized carbons (Fsp3) is 0.583. The number of rotatable bonds is 3. The van der Waals surface area contributed by atoms with Crippen molar-refractivity contribution in [2.45, 2.75) is 39.5 Å². The van der Waals surface area contributed by atoms with E-state index in [4.69, 9.17) is 0 Å². The van der Waals surface area contributed by atoms with Gasteiger partial charge in [0.25, 0.3) is 0 Å². The third kappa shape index (κ3) is 3.58. The van der Waals surface area contributed by atoms with Gasteiger partial charge in [-0.25, -0.2) is 0 Å². The lowest BCUT2D eigenvalue weighted by Gasteiger charge is -2.13. The Morgan fingerprint density at radius 2 is 2.38 bits per heavy atom. The van der Waals surface area contributed by atoms with Crippen molar-refractivity contribution >= 4 is 6.21 Å². The lowest BCUT2D eigenvalue weighted by atomic mass is 9.93. The van der Waals surface area contributed by atoms with Crippen LogP contribution in [0.15, 0.2) is 28.9 Å². The summed E-state index contributed by atoms with van der Waals surface area (Å²) in [5.74, 6) is 0.667. The zero-order chi connectivity index (χ0) is 9.52. The largest absolute Gasteiger partial charge is 0.265 e. The van der Waals surface area contributed by atoms with Gasteiger partial charge in [0.1, 0.15) is 0 Å². The predicted molar refractivity (Wildman–Crippen MR) is 59.0 cm³/mol. The Kier molecular flexibility index (Phi) is 4.52. The third-order valence-corrected chi connectivity index (χ3v) is 2.49. The van der Waals surface area contributed by atoms with Crippen LogP contribution < -0.4 is 0 Å². The second kappa shape index (κ2) is 5.74. The molecule has 1 heteroatoms. The average Bonchev–Trinajstić information content (AvgIpc) is 2.11. The van der Waals surface area contributed by atoms with Gasteiger partial charge in [0.05, 0.1) is 0 Å². The minimum absolute atomic E-state index is 0.667. The van der Waals surface area contributed by atoms with Gasteiger partial charge in [-0.3, -0.25) is 4.99 Å². The molecule has 1 atom stereocenters. The summed E-state index contributed by atoms with van der Waals surface area (Å²) in [4.78, 5) is 4.24. The smallest absolute Gasteiger partial charge is 0.0264 e. The van der Waals surface area contributed by atoms with Crippen molar-refractivity contribution < 1.29 is 0 Å². The SMILES string of the molecule is CCCC/C1=C/N=C/C=C\CC1C.